The van der Waals surface area contributed by atoms with Gasteiger partial charge in [0.2, 0.25) is 0 Å². The molecule has 0 saturated carbocycles. The molecule has 0 amide bonds. The second-order valence-corrected chi connectivity index (χ2v) is 3.03. The van der Waals surface area contributed by atoms with Gasteiger partial charge in [-0.25, -0.2) is 0 Å². The summed E-state index contributed by atoms with van der Waals surface area (Å²) in [6, 6.07) is 0. The molecule has 2 nitrogen and oxygen atoms in total. The smallest absolute Gasteiger partial charge is 0.143 e. The summed E-state index contributed by atoms with van der Waals surface area (Å²) < 4.78 is 0. The summed E-state index contributed by atoms with van der Waals surface area (Å²) >= 11 is 4.26. The first-order valence-corrected chi connectivity index (χ1v) is 4.50. The van der Waals surface area contributed by atoms with E-state index in [1.54, 1.807) is 0 Å². The van der Waals surface area contributed by atoms with Crippen molar-refractivity contribution in [1.29, 1.82) is 0 Å². The Morgan fingerprint density at radius 3 is 1.83 bits per heavy atom. The first kappa shape index (κ1) is 9.26. The summed E-state index contributed by atoms with van der Waals surface area (Å²) in [7, 11) is 0. The zero-order valence-electron chi connectivity index (χ0n) is 7.33. The van der Waals surface area contributed by atoms with Gasteiger partial charge in [-0.3, -0.25) is 0 Å². The van der Waals surface area contributed by atoms with Crippen molar-refractivity contribution in [3.8, 4) is 0 Å². The molecule has 1 rings (SSSR count). The minimum atomic E-state index is 0.0300. The fourth-order valence-electron chi connectivity index (χ4n) is 1.10. The molecular weight excluding hydrogens is 168 g/mol. The van der Waals surface area contributed by atoms with Crippen molar-refractivity contribution in [2.75, 3.05) is 0 Å². The molecule has 66 valence electrons. The van der Waals surface area contributed by atoms with Gasteiger partial charge in [0.25, 0.3) is 0 Å². The molecule has 3 heteroatoms. The number of thiol groups is 1. The second-order valence-electron chi connectivity index (χ2n) is 2.52. The molecule has 12 heavy (non-hydrogen) atoms. The molecule has 0 fully saturated rings. The molecule has 0 radical (unpaired) electrons. The first-order valence-electron chi connectivity index (χ1n) is 3.98. The highest BCUT2D eigenvalue weighted by molar-refractivity contribution is 7.80. The standard InChI is InChI=1S/C9H14N2S/c1-3-5-7-8(6-4-2)11-9(12)10-7/h3-6,9-12H,1-2H3/b5-3-,6-4-. The van der Waals surface area contributed by atoms with Crippen LogP contribution in [-0.2, 0) is 0 Å². The fraction of sp³-hybridized carbons (Fsp3) is 0.333. The summed E-state index contributed by atoms with van der Waals surface area (Å²) in [6.07, 6.45) is 8.05. The average Bonchev–Trinajstić information content (AvgIpc) is 2.33. The van der Waals surface area contributed by atoms with Crippen LogP contribution in [0, 0.1) is 0 Å². The molecule has 2 N–H and O–H groups in total. The Hall–Kier alpha value is -0.830. The van der Waals surface area contributed by atoms with Crippen LogP contribution < -0.4 is 10.6 Å². The monoisotopic (exact) mass is 182 g/mol. The molecule has 1 heterocycles. The van der Waals surface area contributed by atoms with E-state index in [1.807, 2.05) is 38.2 Å². The summed E-state index contributed by atoms with van der Waals surface area (Å²) in [4.78, 5) is 0. The first-order chi connectivity index (χ1) is 5.77. The number of allylic oxidation sites excluding steroid dienone is 4. The molecule has 1 aliphatic heterocycles. The van der Waals surface area contributed by atoms with Crippen molar-refractivity contribution < 1.29 is 0 Å². The molecule has 1 aliphatic rings. The predicted octanol–water partition coefficient (Wildman–Crippen LogP) is 1.76. The van der Waals surface area contributed by atoms with E-state index in [4.69, 9.17) is 0 Å². The highest BCUT2D eigenvalue weighted by Gasteiger charge is 2.14. The van der Waals surface area contributed by atoms with E-state index in [1.165, 1.54) is 0 Å². The summed E-state index contributed by atoms with van der Waals surface area (Å²) in [5.74, 6) is 0. The minimum Gasteiger partial charge on any atom is -0.355 e. The van der Waals surface area contributed by atoms with Crippen LogP contribution in [0.2, 0.25) is 0 Å². The second kappa shape index (κ2) is 4.26. The van der Waals surface area contributed by atoms with E-state index < -0.39 is 0 Å². The summed E-state index contributed by atoms with van der Waals surface area (Å²) in [5, 5.41) is 6.37. The number of rotatable bonds is 2. The Bertz CT molecular complexity index is 217. The Morgan fingerprint density at radius 1 is 1.08 bits per heavy atom. The van der Waals surface area contributed by atoms with Crippen molar-refractivity contribution in [2.45, 2.75) is 19.3 Å². The van der Waals surface area contributed by atoms with Crippen molar-refractivity contribution in [2.24, 2.45) is 0 Å². The number of hydrogen-bond acceptors (Lipinski definition) is 3. The van der Waals surface area contributed by atoms with Gasteiger partial charge in [-0.2, -0.15) is 0 Å². The topological polar surface area (TPSA) is 24.1 Å². The van der Waals surface area contributed by atoms with Crippen LogP contribution >= 0.6 is 12.6 Å². The molecule has 0 saturated heterocycles. The Morgan fingerprint density at radius 2 is 1.50 bits per heavy atom. The van der Waals surface area contributed by atoms with Crippen LogP contribution in [0.15, 0.2) is 35.7 Å². The zero-order valence-corrected chi connectivity index (χ0v) is 8.23. The fourth-order valence-corrected chi connectivity index (χ4v) is 1.37. The van der Waals surface area contributed by atoms with Gasteiger partial charge in [-0.15, -0.1) is 12.6 Å². The van der Waals surface area contributed by atoms with Gasteiger partial charge in [-0.1, -0.05) is 12.2 Å². The number of hydrogen-bond donors (Lipinski definition) is 3. The van der Waals surface area contributed by atoms with Crippen LogP contribution in [0.1, 0.15) is 13.8 Å². The van der Waals surface area contributed by atoms with E-state index >= 15 is 0 Å². The van der Waals surface area contributed by atoms with Gasteiger partial charge in [0.15, 0.2) is 0 Å². The third-order valence-corrected chi connectivity index (χ3v) is 1.80. The molecule has 0 aliphatic carbocycles. The third-order valence-electron chi connectivity index (χ3n) is 1.54. The summed E-state index contributed by atoms with van der Waals surface area (Å²) in [6.45, 7) is 3.99. The van der Waals surface area contributed by atoms with Gasteiger partial charge in [0.05, 0.1) is 11.4 Å². The SMILES string of the molecule is C/C=C\C1=C(/C=C\C)NC(S)N1. The molecule has 0 spiro atoms. The maximum atomic E-state index is 4.26. The van der Waals surface area contributed by atoms with Gasteiger partial charge in [-0.05, 0) is 26.0 Å². The van der Waals surface area contributed by atoms with Crippen molar-refractivity contribution in [3.63, 3.8) is 0 Å². The molecule has 0 aromatic rings. The van der Waals surface area contributed by atoms with Crippen LogP contribution in [0.25, 0.3) is 0 Å². The van der Waals surface area contributed by atoms with Gasteiger partial charge in [0, 0.05) is 0 Å². The van der Waals surface area contributed by atoms with E-state index in [2.05, 4.69) is 23.3 Å². The Kier molecular flexibility index (Phi) is 3.29. The van der Waals surface area contributed by atoms with E-state index in [0.29, 0.717) is 0 Å². The lowest BCUT2D eigenvalue weighted by Crippen LogP contribution is -2.26. The highest BCUT2D eigenvalue weighted by atomic mass is 32.1. The lowest BCUT2D eigenvalue weighted by molar-refractivity contribution is 0.755. The van der Waals surface area contributed by atoms with E-state index in [-0.39, 0.29) is 5.50 Å². The predicted molar refractivity (Wildman–Crippen MR) is 55.7 cm³/mol. The van der Waals surface area contributed by atoms with Crippen molar-refractivity contribution in [3.05, 3.63) is 35.7 Å². The zero-order chi connectivity index (χ0) is 8.97. The molecular formula is C9H14N2S. The van der Waals surface area contributed by atoms with Crippen molar-refractivity contribution in [1.82, 2.24) is 10.6 Å². The largest absolute Gasteiger partial charge is 0.355 e. The normalized spacial score (nSPS) is 19.2. The highest BCUT2D eigenvalue weighted by Crippen LogP contribution is 2.12. The van der Waals surface area contributed by atoms with Crippen LogP contribution in [0.5, 0.6) is 0 Å². The molecule has 0 bridgehead atoms. The maximum Gasteiger partial charge on any atom is 0.143 e. The lowest BCUT2D eigenvalue weighted by atomic mass is 10.3. The molecule has 0 aromatic heterocycles. The molecule has 0 unspecified atom stereocenters. The van der Waals surface area contributed by atoms with Gasteiger partial charge in [0.1, 0.15) is 5.50 Å². The summed E-state index contributed by atoms with van der Waals surface area (Å²) in [5.41, 5.74) is 2.22. The van der Waals surface area contributed by atoms with Gasteiger partial charge < -0.3 is 10.6 Å². The van der Waals surface area contributed by atoms with Crippen LogP contribution in [0.4, 0.5) is 0 Å². The lowest BCUT2D eigenvalue weighted by Gasteiger charge is -2.03. The average molecular weight is 182 g/mol. The number of nitrogens with one attached hydrogen (secondary N) is 2. The van der Waals surface area contributed by atoms with E-state index in [9.17, 15) is 0 Å². The molecule has 0 atom stereocenters. The molecule has 0 aromatic carbocycles. The van der Waals surface area contributed by atoms with Crippen LogP contribution in [0.3, 0.4) is 0 Å². The van der Waals surface area contributed by atoms with E-state index in [0.717, 1.165) is 11.4 Å². The van der Waals surface area contributed by atoms with Crippen LogP contribution in [-0.4, -0.2) is 5.50 Å². The maximum absolute atomic E-state index is 4.26. The Balaban J connectivity index is 2.80. The Labute approximate surface area is 78.8 Å². The third kappa shape index (κ3) is 2.08. The quantitative estimate of drug-likeness (QED) is 0.567. The van der Waals surface area contributed by atoms with Gasteiger partial charge >= 0.3 is 0 Å². The minimum absolute atomic E-state index is 0.0300. The van der Waals surface area contributed by atoms with Crippen molar-refractivity contribution >= 4 is 12.6 Å².